The van der Waals surface area contributed by atoms with Crippen molar-refractivity contribution in [3.8, 4) is 53.6 Å². The Kier molecular flexibility index (Phi) is 21.9. The SMILES string of the molecule is CC(=O)C=C(C)O.CC(=O)C=C(C)O.CC(C)(C)c1ccc(-c2cc3cnc(-c4[c-]ccc(-c5ccccc5)c4)cc3[se]2)cc1.Cc1[c-]c(-c2cc3[se]c(-c4ccccc4)cc3cn2)cc(C)c1.[Ir].[Ir]. The summed E-state index contributed by atoms with van der Waals surface area (Å²) in [4.78, 5) is 29.5. The molecule has 4 aromatic heterocycles. The van der Waals surface area contributed by atoms with Crippen molar-refractivity contribution in [1.29, 1.82) is 0 Å². The van der Waals surface area contributed by atoms with Crippen LogP contribution in [0.1, 0.15) is 65.2 Å². The minimum absolute atomic E-state index is 0. The van der Waals surface area contributed by atoms with Gasteiger partial charge in [0.25, 0.3) is 0 Å². The van der Waals surface area contributed by atoms with Crippen LogP contribution < -0.4 is 0 Å². The normalized spacial score (nSPS) is 11.1. The molecule has 6 nitrogen and oxygen atoms in total. The molecule has 0 unspecified atom stereocenters. The van der Waals surface area contributed by atoms with Gasteiger partial charge in [0.05, 0.1) is 11.5 Å². The van der Waals surface area contributed by atoms with E-state index in [2.05, 4.69) is 179 Å². The molecule has 0 atom stereocenters. The summed E-state index contributed by atoms with van der Waals surface area (Å²) in [5.41, 5.74) is 13.2. The first-order valence-electron chi connectivity index (χ1n) is 22.2. The first-order valence-corrected chi connectivity index (χ1v) is 25.6. The van der Waals surface area contributed by atoms with Gasteiger partial charge in [0.15, 0.2) is 11.6 Å². The minimum Gasteiger partial charge on any atom is 0 e. The second-order valence-electron chi connectivity index (χ2n) is 17.5. The summed E-state index contributed by atoms with van der Waals surface area (Å²) in [6.07, 6.45) is 6.36. The van der Waals surface area contributed by atoms with Gasteiger partial charge in [0, 0.05) is 52.4 Å². The van der Waals surface area contributed by atoms with Crippen LogP contribution >= 0.6 is 0 Å². The van der Waals surface area contributed by atoms with Crippen molar-refractivity contribution in [3.05, 3.63) is 204 Å². The van der Waals surface area contributed by atoms with Gasteiger partial charge in [0.1, 0.15) is 0 Å². The summed E-state index contributed by atoms with van der Waals surface area (Å²) in [5.74, 6) is -0.125. The number of benzene rings is 5. The molecule has 10 heteroatoms. The van der Waals surface area contributed by atoms with Crippen LogP contribution in [0.25, 0.3) is 72.9 Å². The fraction of sp³-hybridized carbons (Fsp3) is 0.167. The Bertz CT molecular complexity index is 3170. The smallest absolute Gasteiger partial charge is 0 e. The number of hydrogen-bond donors (Lipinski definition) is 2. The quantitative estimate of drug-likeness (QED) is 0.0714. The van der Waals surface area contributed by atoms with Crippen molar-refractivity contribution in [1.82, 2.24) is 9.97 Å². The fourth-order valence-electron chi connectivity index (χ4n) is 7.23. The third-order valence-corrected chi connectivity index (χ3v) is 15.1. The number of carbonyl (C=O) groups excluding carboxylic acids is 2. The fourth-order valence-corrected chi connectivity index (χ4v) is 11.7. The van der Waals surface area contributed by atoms with Gasteiger partial charge >= 0.3 is 333 Å². The van der Waals surface area contributed by atoms with E-state index in [1.807, 2.05) is 24.5 Å². The molecule has 4 heterocycles. The maximum atomic E-state index is 10.0. The Morgan fingerprint density at radius 2 is 1.03 bits per heavy atom. The summed E-state index contributed by atoms with van der Waals surface area (Å²) < 4.78 is 5.65. The van der Waals surface area contributed by atoms with E-state index in [4.69, 9.17) is 15.2 Å². The Morgan fingerprint density at radius 1 is 0.557 bits per heavy atom. The monoisotopic (exact) mass is 1410 g/mol. The average Bonchev–Trinajstić information content (AvgIpc) is 3.93. The molecule has 0 aliphatic carbocycles. The molecule has 0 saturated heterocycles. The van der Waals surface area contributed by atoms with Crippen molar-refractivity contribution in [2.24, 2.45) is 0 Å². The van der Waals surface area contributed by atoms with Gasteiger partial charge in [-0.05, 0) is 27.7 Å². The number of aryl methyl sites for hydroxylation is 2. The second-order valence-corrected chi connectivity index (χ2v) is 22.1. The van der Waals surface area contributed by atoms with Crippen LogP contribution in [0.2, 0.25) is 0 Å². The van der Waals surface area contributed by atoms with Crippen LogP contribution in [-0.2, 0) is 55.2 Å². The maximum absolute atomic E-state index is 10.0. The molecule has 70 heavy (non-hydrogen) atoms. The Hall–Kier alpha value is -5.36. The van der Waals surface area contributed by atoms with Crippen LogP contribution in [0.5, 0.6) is 0 Å². The number of aliphatic hydroxyl groups is 2. The molecule has 2 N–H and O–H groups in total. The molecule has 0 spiro atoms. The van der Waals surface area contributed by atoms with E-state index < -0.39 is 0 Å². The summed E-state index contributed by atoms with van der Waals surface area (Å²) in [5, 5.41) is 19.2. The van der Waals surface area contributed by atoms with Crippen molar-refractivity contribution in [2.45, 2.75) is 67.7 Å². The topological polar surface area (TPSA) is 100 Å². The van der Waals surface area contributed by atoms with Crippen LogP contribution in [0.3, 0.4) is 0 Å². The molecule has 0 amide bonds. The maximum Gasteiger partial charge on any atom is 0 e. The summed E-state index contributed by atoms with van der Waals surface area (Å²) in [7, 11) is 0. The molecule has 0 fully saturated rings. The Morgan fingerprint density at radius 3 is 1.47 bits per heavy atom. The van der Waals surface area contributed by atoms with Gasteiger partial charge in [-0.1, -0.05) is 0 Å². The molecule has 9 rings (SSSR count). The molecule has 0 saturated carbocycles. The molecule has 9 aromatic rings. The third kappa shape index (κ3) is 16.9. The molecule has 0 aliphatic heterocycles. The van der Waals surface area contributed by atoms with Gasteiger partial charge in [-0.2, -0.15) is 0 Å². The molecular weight excluding hydrogens is 1360 g/mol. The number of fused-ring (bicyclic) bond motifs is 2. The van der Waals surface area contributed by atoms with Crippen LogP contribution in [0.4, 0.5) is 0 Å². The number of carbonyl (C=O) groups is 2. The van der Waals surface area contributed by atoms with Crippen molar-refractivity contribution in [3.63, 3.8) is 0 Å². The van der Waals surface area contributed by atoms with Gasteiger partial charge in [-0.25, -0.2) is 0 Å². The Labute approximate surface area is 451 Å². The van der Waals surface area contributed by atoms with E-state index in [-0.39, 0.29) is 83.2 Å². The van der Waals surface area contributed by atoms with Crippen LogP contribution in [0, 0.1) is 26.0 Å². The number of allylic oxidation sites excluding steroid dienone is 4. The first kappa shape index (κ1) is 57.2. The molecule has 2 radical (unpaired) electrons. The number of aliphatic hydroxyl groups excluding tert-OH is 2. The van der Waals surface area contributed by atoms with E-state index in [0.717, 1.165) is 28.1 Å². The van der Waals surface area contributed by atoms with Crippen molar-refractivity contribution >= 4 is 59.9 Å². The number of hydrogen-bond acceptors (Lipinski definition) is 6. The standard InChI is InChI=1S/C29H24NSe.C21H16NSe.2C5H8O2.2Ir/c1-29(2,3)25-14-12-21(13-15-25)27-17-24-19-30-26(18-28(24)31-27)23-11-7-10-22(16-23)20-8-5-4-6-9-20;1-14-8-15(2)10-17(9-14)19-12-21-18(13-22-19)11-20(23-21)16-6-4-3-5-7-16;2*1-4(6)3-5(2)7;;/h4-10,12-19H,1-3H3;3-9,11-13H,1-2H3;2*3,6H,1-2H3;;/q2*-1;;;;. The van der Waals surface area contributed by atoms with Crippen molar-refractivity contribution < 1.29 is 60.0 Å². The van der Waals surface area contributed by atoms with Gasteiger partial charge in [-0.3, -0.25) is 9.59 Å². The van der Waals surface area contributed by atoms with E-state index >= 15 is 0 Å². The molecule has 5 aromatic carbocycles. The number of rotatable bonds is 7. The van der Waals surface area contributed by atoms with Crippen molar-refractivity contribution in [2.75, 3.05) is 0 Å². The second kappa shape index (κ2) is 26.7. The van der Waals surface area contributed by atoms with Gasteiger partial charge < -0.3 is 10.2 Å². The summed E-state index contributed by atoms with van der Waals surface area (Å²) in [6, 6.07) is 56.7. The number of aromatic nitrogens is 2. The molecular formula is C60H56Ir2N2O4Se2-2. The zero-order valence-corrected chi connectivity index (χ0v) is 48.9. The molecule has 362 valence electrons. The first-order chi connectivity index (χ1) is 32.4. The minimum atomic E-state index is -0.125. The molecule has 0 bridgehead atoms. The van der Waals surface area contributed by atoms with Gasteiger partial charge in [-0.15, -0.1) is 0 Å². The number of ketones is 2. The summed E-state index contributed by atoms with van der Waals surface area (Å²) >= 11 is 0.626. The van der Waals surface area contributed by atoms with E-state index in [9.17, 15) is 9.59 Å². The zero-order valence-electron chi connectivity index (χ0n) is 40.7. The van der Waals surface area contributed by atoms with E-state index in [1.54, 1.807) is 0 Å². The van der Waals surface area contributed by atoms with Crippen LogP contribution in [-0.4, -0.2) is 60.8 Å². The van der Waals surface area contributed by atoms with Crippen LogP contribution in [0.15, 0.2) is 176 Å². The third-order valence-electron chi connectivity index (χ3n) is 10.3. The summed E-state index contributed by atoms with van der Waals surface area (Å²) in [6.45, 7) is 16.7. The number of nitrogens with zero attached hydrogens (tertiary/aromatic N) is 2. The van der Waals surface area contributed by atoms with E-state index in [0.29, 0.717) is 14.5 Å². The Balaban J connectivity index is 0.000000240. The molecule has 0 aliphatic rings. The predicted molar refractivity (Wildman–Crippen MR) is 285 cm³/mol. The predicted octanol–water partition coefficient (Wildman–Crippen LogP) is 14.5. The largest absolute Gasteiger partial charge is 0 e. The van der Waals surface area contributed by atoms with Gasteiger partial charge in [0.2, 0.25) is 0 Å². The number of pyridine rings is 2. The van der Waals surface area contributed by atoms with E-state index in [1.165, 1.54) is 101 Å². The zero-order chi connectivity index (χ0) is 49.0. The average molecular weight is 1410 g/mol.